The highest BCUT2D eigenvalue weighted by atomic mass is 35.5. The molecule has 20 heavy (non-hydrogen) atoms. The number of rotatable bonds is 5. The highest BCUT2D eigenvalue weighted by Crippen LogP contribution is 2.24. The van der Waals surface area contributed by atoms with E-state index in [-0.39, 0.29) is 0 Å². The molecule has 1 aromatic heterocycles. The minimum absolute atomic E-state index is 0.327. The Morgan fingerprint density at radius 1 is 1.25 bits per heavy atom. The van der Waals surface area contributed by atoms with Crippen LogP contribution in [0.15, 0.2) is 29.4 Å². The van der Waals surface area contributed by atoms with Crippen molar-refractivity contribution in [3.8, 4) is 5.40 Å². The van der Waals surface area contributed by atoms with E-state index < -0.39 is 0 Å². The number of hydrogen-bond donors (Lipinski definition) is 2. The zero-order valence-corrected chi connectivity index (χ0v) is 12.2. The number of thioether (sulfide) groups is 1. The molecule has 2 rings (SSSR count). The van der Waals surface area contributed by atoms with Crippen molar-refractivity contribution in [1.29, 1.82) is 5.26 Å². The summed E-state index contributed by atoms with van der Waals surface area (Å²) in [5.41, 5.74) is 0.690. The molecule has 0 saturated carbocycles. The molecule has 0 radical (unpaired) electrons. The summed E-state index contributed by atoms with van der Waals surface area (Å²) in [6, 6.07) is 7.27. The van der Waals surface area contributed by atoms with Crippen LogP contribution in [-0.4, -0.2) is 21.5 Å². The van der Waals surface area contributed by atoms with E-state index in [1.807, 2.05) is 30.5 Å². The van der Waals surface area contributed by atoms with E-state index in [2.05, 4.69) is 25.6 Å². The van der Waals surface area contributed by atoms with Crippen LogP contribution in [0.1, 0.15) is 6.92 Å². The van der Waals surface area contributed by atoms with Gasteiger partial charge in [0.1, 0.15) is 5.40 Å². The number of anilines is 3. The van der Waals surface area contributed by atoms with Crippen molar-refractivity contribution in [3.63, 3.8) is 0 Å². The molecular weight excluding hydrogens is 296 g/mol. The second-order valence-corrected chi connectivity index (χ2v) is 4.75. The van der Waals surface area contributed by atoms with Gasteiger partial charge in [-0.2, -0.15) is 20.2 Å². The monoisotopic (exact) mass is 306 g/mol. The van der Waals surface area contributed by atoms with Crippen LogP contribution in [0.5, 0.6) is 0 Å². The van der Waals surface area contributed by atoms with Gasteiger partial charge in [-0.3, -0.25) is 0 Å². The summed E-state index contributed by atoms with van der Waals surface area (Å²) in [6.07, 6.45) is 0. The molecule has 1 aromatic carbocycles. The summed E-state index contributed by atoms with van der Waals surface area (Å²) < 4.78 is 0. The van der Waals surface area contributed by atoms with Crippen molar-refractivity contribution in [2.24, 2.45) is 0 Å². The van der Waals surface area contributed by atoms with Gasteiger partial charge in [0, 0.05) is 18.3 Å². The van der Waals surface area contributed by atoms with Gasteiger partial charge in [-0.1, -0.05) is 23.7 Å². The SMILES string of the molecule is CCNc1nc(Nc2ccccc2Cl)nc(SC#N)n1. The van der Waals surface area contributed by atoms with E-state index in [1.54, 1.807) is 6.07 Å². The number of thiocyanates is 1. The lowest BCUT2D eigenvalue weighted by molar-refractivity contribution is 0.909. The Labute approximate surface area is 125 Å². The third-order valence-corrected chi connectivity index (χ3v) is 2.99. The smallest absolute Gasteiger partial charge is 0.233 e. The maximum absolute atomic E-state index is 8.72. The van der Waals surface area contributed by atoms with Gasteiger partial charge in [-0.05, 0) is 19.1 Å². The van der Waals surface area contributed by atoms with E-state index in [4.69, 9.17) is 16.9 Å². The zero-order chi connectivity index (χ0) is 14.4. The van der Waals surface area contributed by atoms with Crippen molar-refractivity contribution in [1.82, 2.24) is 15.0 Å². The fraction of sp³-hybridized carbons (Fsp3) is 0.167. The standard InChI is InChI=1S/C12H11ClN6S/c1-2-15-10-17-11(19-12(18-10)20-7-14)16-9-6-4-3-5-8(9)13/h3-6H,2H2,1H3,(H2,15,16,17,18,19). The maximum atomic E-state index is 8.72. The van der Waals surface area contributed by atoms with Crippen molar-refractivity contribution in [2.45, 2.75) is 12.1 Å². The Morgan fingerprint density at radius 3 is 2.70 bits per heavy atom. The molecule has 2 N–H and O–H groups in total. The first-order valence-corrected chi connectivity index (χ1v) is 6.99. The molecule has 6 nitrogen and oxygen atoms in total. The van der Waals surface area contributed by atoms with Gasteiger partial charge in [0.25, 0.3) is 0 Å². The number of aromatic nitrogens is 3. The summed E-state index contributed by atoms with van der Waals surface area (Å²) >= 11 is 6.94. The average Bonchev–Trinajstić information content (AvgIpc) is 2.42. The second-order valence-electron chi connectivity index (χ2n) is 3.59. The van der Waals surface area contributed by atoms with Gasteiger partial charge in [-0.25, -0.2) is 0 Å². The molecule has 2 aromatic rings. The van der Waals surface area contributed by atoms with Crippen LogP contribution in [0.3, 0.4) is 0 Å². The van der Waals surface area contributed by atoms with Crippen LogP contribution in [-0.2, 0) is 0 Å². The molecule has 0 saturated heterocycles. The molecule has 0 bridgehead atoms. The van der Waals surface area contributed by atoms with E-state index in [0.717, 1.165) is 11.8 Å². The number of benzene rings is 1. The maximum Gasteiger partial charge on any atom is 0.233 e. The fourth-order valence-electron chi connectivity index (χ4n) is 1.42. The minimum atomic E-state index is 0.327. The number of nitriles is 1. The molecule has 0 unspecified atom stereocenters. The minimum Gasteiger partial charge on any atom is -0.354 e. The number of nitrogens with one attached hydrogen (secondary N) is 2. The van der Waals surface area contributed by atoms with Gasteiger partial charge < -0.3 is 10.6 Å². The quantitative estimate of drug-likeness (QED) is 0.647. The van der Waals surface area contributed by atoms with Gasteiger partial charge in [0.05, 0.1) is 10.7 Å². The Bertz CT molecular complexity index is 642. The van der Waals surface area contributed by atoms with Crippen LogP contribution >= 0.6 is 23.4 Å². The summed E-state index contributed by atoms with van der Waals surface area (Å²) in [4.78, 5) is 12.5. The Balaban J connectivity index is 2.31. The highest BCUT2D eigenvalue weighted by Gasteiger charge is 2.08. The summed E-state index contributed by atoms with van der Waals surface area (Å²) in [7, 11) is 0. The van der Waals surface area contributed by atoms with Gasteiger partial charge in [-0.15, -0.1) is 0 Å². The molecule has 0 fully saturated rings. The molecule has 0 atom stereocenters. The molecule has 0 spiro atoms. The Morgan fingerprint density at radius 2 is 2.00 bits per heavy atom. The van der Waals surface area contributed by atoms with Crippen molar-refractivity contribution in [2.75, 3.05) is 17.2 Å². The van der Waals surface area contributed by atoms with E-state index in [0.29, 0.717) is 34.3 Å². The Hall–Kier alpha value is -2.04. The number of hydrogen-bond acceptors (Lipinski definition) is 7. The average molecular weight is 307 g/mol. The molecule has 1 heterocycles. The highest BCUT2D eigenvalue weighted by molar-refractivity contribution is 8.03. The third kappa shape index (κ3) is 3.73. The predicted octanol–water partition coefficient (Wildman–Crippen LogP) is 3.27. The van der Waals surface area contributed by atoms with Crippen LogP contribution in [0.25, 0.3) is 0 Å². The second kappa shape index (κ2) is 6.93. The lowest BCUT2D eigenvalue weighted by Gasteiger charge is -2.09. The van der Waals surface area contributed by atoms with Gasteiger partial charge in [0.2, 0.25) is 17.1 Å². The molecule has 0 aliphatic heterocycles. The number of nitrogens with zero attached hydrogens (tertiary/aromatic N) is 4. The summed E-state index contributed by atoms with van der Waals surface area (Å²) in [6.45, 7) is 2.61. The first kappa shape index (κ1) is 14.4. The molecule has 8 heteroatoms. The molecule has 0 aliphatic carbocycles. The molecule has 0 amide bonds. The van der Waals surface area contributed by atoms with Crippen LogP contribution < -0.4 is 10.6 Å². The first-order chi connectivity index (χ1) is 9.72. The van der Waals surface area contributed by atoms with E-state index in [1.165, 1.54) is 0 Å². The van der Waals surface area contributed by atoms with Crippen LogP contribution in [0, 0.1) is 10.7 Å². The lowest BCUT2D eigenvalue weighted by Crippen LogP contribution is -2.07. The van der Waals surface area contributed by atoms with Crippen molar-refractivity contribution in [3.05, 3.63) is 29.3 Å². The van der Waals surface area contributed by atoms with Crippen LogP contribution in [0.4, 0.5) is 17.6 Å². The molecular formula is C12H11ClN6S. The van der Waals surface area contributed by atoms with E-state index >= 15 is 0 Å². The summed E-state index contributed by atoms with van der Waals surface area (Å²) in [5.74, 6) is 0.747. The van der Waals surface area contributed by atoms with Crippen molar-refractivity contribution < 1.29 is 0 Å². The number of para-hydroxylation sites is 1. The van der Waals surface area contributed by atoms with Gasteiger partial charge >= 0.3 is 0 Å². The number of halogens is 1. The molecule has 102 valence electrons. The van der Waals surface area contributed by atoms with Crippen molar-refractivity contribution >= 4 is 40.9 Å². The Kier molecular flexibility index (Phi) is 4.98. The summed E-state index contributed by atoms with van der Waals surface area (Å²) in [5, 5.41) is 17.5. The topological polar surface area (TPSA) is 86.5 Å². The van der Waals surface area contributed by atoms with Crippen LogP contribution in [0.2, 0.25) is 5.02 Å². The molecule has 0 aliphatic rings. The van der Waals surface area contributed by atoms with Gasteiger partial charge in [0.15, 0.2) is 0 Å². The first-order valence-electron chi connectivity index (χ1n) is 5.80. The third-order valence-electron chi connectivity index (χ3n) is 2.21. The largest absolute Gasteiger partial charge is 0.354 e. The fourth-order valence-corrected chi connectivity index (χ4v) is 1.95. The normalized spacial score (nSPS) is 9.85. The van der Waals surface area contributed by atoms with E-state index in [9.17, 15) is 0 Å². The predicted molar refractivity (Wildman–Crippen MR) is 80.2 cm³/mol. The lowest BCUT2D eigenvalue weighted by atomic mass is 10.3. The zero-order valence-electron chi connectivity index (χ0n) is 10.6.